The van der Waals surface area contributed by atoms with Crippen LogP contribution < -0.4 is 10.5 Å². The summed E-state index contributed by atoms with van der Waals surface area (Å²) in [5.74, 6) is 2.40. The van der Waals surface area contributed by atoms with Gasteiger partial charge in [0.1, 0.15) is 5.75 Å². The molecule has 0 bridgehead atoms. The summed E-state index contributed by atoms with van der Waals surface area (Å²) in [6, 6.07) is 7.81. The summed E-state index contributed by atoms with van der Waals surface area (Å²) < 4.78 is 11.1. The highest BCUT2D eigenvalue weighted by atomic mass is 16.5. The summed E-state index contributed by atoms with van der Waals surface area (Å²) in [5.41, 5.74) is 7.55. The van der Waals surface area contributed by atoms with E-state index >= 15 is 0 Å². The highest BCUT2D eigenvalue weighted by Crippen LogP contribution is 2.28. The third-order valence-corrected chi connectivity index (χ3v) is 2.92. The second kappa shape index (κ2) is 6.38. The molecule has 0 unspecified atom stereocenters. The maximum Gasteiger partial charge on any atom is 0.195 e. The third kappa shape index (κ3) is 3.15. The van der Waals surface area contributed by atoms with Gasteiger partial charge < -0.3 is 14.9 Å². The fourth-order valence-electron chi connectivity index (χ4n) is 2.02. The third-order valence-electron chi connectivity index (χ3n) is 2.92. The molecule has 0 atom stereocenters. The average Bonchev–Trinajstić information content (AvgIpc) is 2.83. The van der Waals surface area contributed by atoms with Gasteiger partial charge in [-0.25, -0.2) is 4.98 Å². The van der Waals surface area contributed by atoms with Crippen LogP contribution in [-0.2, 0) is 12.8 Å². The van der Waals surface area contributed by atoms with Crippen molar-refractivity contribution in [2.24, 2.45) is 5.73 Å². The SMILES string of the molecule is CCCc1nc(CCN)c(-c2cccc(OC)c2)o1. The molecule has 0 radical (unpaired) electrons. The highest BCUT2D eigenvalue weighted by molar-refractivity contribution is 5.62. The van der Waals surface area contributed by atoms with Crippen LogP contribution in [-0.4, -0.2) is 18.6 Å². The lowest BCUT2D eigenvalue weighted by Gasteiger charge is -2.03. The van der Waals surface area contributed by atoms with Crippen molar-refractivity contribution in [1.29, 1.82) is 0 Å². The first-order valence-corrected chi connectivity index (χ1v) is 6.61. The van der Waals surface area contributed by atoms with Crippen LogP contribution in [0.5, 0.6) is 5.75 Å². The minimum Gasteiger partial charge on any atom is -0.497 e. The maximum atomic E-state index is 5.87. The van der Waals surface area contributed by atoms with E-state index in [0.717, 1.165) is 47.9 Å². The number of aryl methyl sites for hydroxylation is 1. The molecule has 1 heterocycles. The van der Waals surface area contributed by atoms with Crippen molar-refractivity contribution < 1.29 is 9.15 Å². The van der Waals surface area contributed by atoms with Gasteiger partial charge in [-0.2, -0.15) is 0 Å². The van der Waals surface area contributed by atoms with Crippen LogP contribution >= 0.6 is 0 Å². The molecular weight excluding hydrogens is 240 g/mol. The molecule has 1 aromatic heterocycles. The van der Waals surface area contributed by atoms with E-state index in [2.05, 4.69) is 11.9 Å². The highest BCUT2D eigenvalue weighted by Gasteiger charge is 2.14. The summed E-state index contributed by atoms with van der Waals surface area (Å²) >= 11 is 0. The second-order valence-corrected chi connectivity index (χ2v) is 4.40. The van der Waals surface area contributed by atoms with E-state index in [1.807, 2.05) is 24.3 Å². The minimum absolute atomic E-state index is 0.565. The minimum atomic E-state index is 0.565. The number of hydrogen-bond acceptors (Lipinski definition) is 4. The molecule has 0 aliphatic carbocycles. The van der Waals surface area contributed by atoms with Gasteiger partial charge in [0.25, 0.3) is 0 Å². The Morgan fingerprint density at radius 3 is 2.84 bits per heavy atom. The molecule has 0 aliphatic rings. The van der Waals surface area contributed by atoms with Crippen molar-refractivity contribution >= 4 is 0 Å². The van der Waals surface area contributed by atoms with Crippen molar-refractivity contribution in [2.75, 3.05) is 13.7 Å². The Hall–Kier alpha value is -1.81. The number of nitrogens with zero attached hydrogens (tertiary/aromatic N) is 1. The summed E-state index contributed by atoms with van der Waals surface area (Å²) in [5, 5.41) is 0. The van der Waals surface area contributed by atoms with E-state index in [0.29, 0.717) is 6.54 Å². The molecule has 0 spiro atoms. The molecule has 0 saturated heterocycles. The summed E-state index contributed by atoms with van der Waals surface area (Å²) in [7, 11) is 1.66. The van der Waals surface area contributed by atoms with Crippen molar-refractivity contribution in [2.45, 2.75) is 26.2 Å². The normalized spacial score (nSPS) is 10.7. The van der Waals surface area contributed by atoms with Gasteiger partial charge in [0.05, 0.1) is 12.8 Å². The number of rotatable bonds is 6. The first-order chi connectivity index (χ1) is 9.28. The van der Waals surface area contributed by atoms with E-state index in [9.17, 15) is 0 Å². The molecule has 2 N–H and O–H groups in total. The molecule has 2 aromatic rings. The van der Waals surface area contributed by atoms with Crippen LogP contribution in [0.2, 0.25) is 0 Å². The van der Waals surface area contributed by atoms with Crippen molar-refractivity contribution in [3.8, 4) is 17.1 Å². The molecule has 4 heteroatoms. The zero-order valence-corrected chi connectivity index (χ0v) is 11.5. The summed E-state index contributed by atoms with van der Waals surface area (Å²) in [6.07, 6.45) is 2.58. The van der Waals surface area contributed by atoms with Gasteiger partial charge in [-0.05, 0) is 25.1 Å². The van der Waals surface area contributed by atoms with Crippen LogP contribution in [0.3, 0.4) is 0 Å². The molecule has 0 amide bonds. The summed E-state index contributed by atoms with van der Waals surface area (Å²) in [6.45, 7) is 2.67. The standard InChI is InChI=1S/C15H20N2O2/c1-3-5-14-17-13(8-9-16)15(19-14)11-6-4-7-12(10-11)18-2/h4,6-7,10H,3,5,8-9,16H2,1-2H3. The van der Waals surface area contributed by atoms with E-state index in [4.69, 9.17) is 14.9 Å². The Bertz CT molecular complexity index is 535. The maximum absolute atomic E-state index is 5.87. The molecule has 1 aromatic carbocycles. The van der Waals surface area contributed by atoms with E-state index in [-0.39, 0.29) is 0 Å². The number of oxazole rings is 1. The molecule has 2 rings (SSSR count). The van der Waals surface area contributed by atoms with Crippen LogP contribution in [0.1, 0.15) is 24.9 Å². The quantitative estimate of drug-likeness (QED) is 0.867. The molecule has 4 nitrogen and oxygen atoms in total. The molecule has 102 valence electrons. The molecule has 0 fully saturated rings. The monoisotopic (exact) mass is 260 g/mol. The van der Waals surface area contributed by atoms with Gasteiger partial charge in [0.2, 0.25) is 0 Å². The second-order valence-electron chi connectivity index (χ2n) is 4.40. The Balaban J connectivity index is 2.40. The predicted octanol–water partition coefficient (Wildman–Crippen LogP) is 2.80. The van der Waals surface area contributed by atoms with Crippen molar-refractivity contribution in [3.05, 3.63) is 35.9 Å². The van der Waals surface area contributed by atoms with Gasteiger partial charge in [0, 0.05) is 18.4 Å². The zero-order chi connectivity index (χ0) is 13.7. The van der Waals surface area contributed by atoms with Gasteiger partial charge in [-0.3, -0.25) is 0 Å². The Morgan fingerprint density at radius 2 is 2.16 bits per heavy atom. The van der Waals surface area contributed by atoms with E-state index < -0.39 is 0 Å². The number of nitrogens with two attached hydrogens (primary N) is 1. The summed E-state index contributed by atoms with van der Waals surface area (Å²) in [4.78, 5) is 4.53. The first kappa shape index (κ1) is 13.6. The van der Waals surface area contributed by atoms with Crippen molar-refractivity contribution in [3.63, 3.8) is 0 Å². The zero-order valence-electron chi connectivity index (χ0n) is 11.5. The van der Waals surface area contributed by atoms with Crippen LogP contribution in [0.15, 0.2) is 28.7 Å². The molecule has 19 heavy (non-hydrogen) atoms. The fraction of sp³-hybridized carbons (Fsp3) is 0.400. The fourth-order valence-corrected chi connectivity index (χ4v) is 2.02. The lowest BCUT2D eigenvalue weighted by Crippen LogP contribution is -2.04. The number of ether oxygens (including phenoxy) is 1. The van der Waals surface area contributed by atoms with Crippen LogP contribution in [0.4, 0.5) is 0 Å². The lowest BCUT2D eigenvalue weighted by atomic mass is 10.1. The first-order valence-electron chi connectivity index (χ1n) is 6.61. The van der Waals surface area contributed by atoms with Crippen LogP contribution in [0.25, 0.3) is 11.3 Å². The molecular formula is C15H20N2O2. The smallest absolute Gasteiger partial charge is 0.195 e. The molecule has 0 saturated carbocycles. The Labute approximate surface area is 113 Å². The number of hydrogen-bond donors (Lipinski definition) is 1. The Kier molecular flexibility index (Phi) is 4.58. The van der Waals surface area contributed by atoms with E-state index in [1.165, 1.54) is 0 Å². The lowest BCUT2D eigenvalue weighted by molar-refractivity contribution is 0.414. The van der Waals surface area contributed by atoms with E-state index in [1.54, 1.807) is 7.11 Å². The van der Waals surface area contributed by atoms with Gasteiger partial charge in [-0.1, -0.05) is 19.1 Å². The van der Waals surface area contributed by atoms with Gasteiger partial charge in [0.15, 0.2) is 11.7 Å². The topological polar surface area (TPSA) is 61.3 Å². The number of methoxy groups -OCH3 is 1. The average molecular weight is 260 g/mol. The van der Waals surface area contributed by atoms with Crippen LogP contribution in [0, 0.1) is 0 Å². The van der Waals surface area contributed by atoms with Crippen molar-refractivity contribution in [1.82, 2.24) is 4.98 Å². The van der Waals surface area contributed by atoms with Gasteiger partial charge >= 0.3 is 0 Å². The predicted molar refractivity (Wildman–Crippen MR) is 75.2 cm³/mol. The van der Waals surface area contributed by atoms with Gasteiger partial charge in [-0.15, -0.1) is 0 Å². The number of benzene rings is 1. The number of aromatic nitrogens is 1. The molecule has 0 aliphatic heterocycles. The Morgan fingerprint density at radius 1 is 1.32 bits per heavy atom. The largest absolute Gasteiger partial charge is 0.497 e.